The summed E-state index contributed by atoms with van der Waals surface area (Å²) >= 11 is 0. The highest BCUT2D eigenvalue weighted by Gasteiger charge is 2.32. The minimum atomic E-state index is -3.00. The second-order valence-electron chi connectivity index (χ2n) is 5.82. The molecule has 2 aliphatic rings. The highest BCUT2D eigenvalue weighted by molar-refractivity contribution is 7.88. The lowest BCUT2D eigenvalue weighted by Gasteiger charge is -2.37. The van der Waals surface area contributed by atoms with Crippen LogP contribution in [0.3, 0.4) is 0 Å². The van der Waals surface area contributed by atoms with E-state index < -0.39 is 10.0 Å². The van der Waals surface area contributed by atoms with E-state index in [0.717, 1.165) is 19.6 Å². The summed E-state index contributed by atoms with van der Waals surface area (Å²) in [6.45, 7) is 6.39. The molecule has 2 atom stereocenters. The van der Waals surface area contributed by atoms with Crippen molar-refractivity contribution >= 4 is 10.0 Å². The van der Waals surface area contributed by atoms with Crippen LogP contribution in [-0.4, -0.2) is 68.7 Å². The average molecular weight is 289 g/mol. The Morgan fingerprint density at radius 3 is 2.42 bits per heavy atom. The minimum Gasteiger partial charge on any atom is -0.314 e. The van der Waals surface area contributed by atoms with E-state index in [0.29, 0.717) is 25.2 Å². The van der Waals surface area contributed by atoms with Crippen LogP contribution >= 0.6 is 0 Å². The molecule has 1 aliphatic carbocycles. The summed E-state index contributed by atoms with van der Waals surface area (Å²) in [7, 11) is -3.00. The maximum atomic E-state index is 11.5. The molecule has 0 spiro atoms. The molecule has 0 radical (unpaired) electrons. The van der Waals surface area contributed by atoms with Crippen molar-refractivity contribution in [2.24, 2.45) is 0 Å². The minimum absolute atomic E-state index is 0.649. The van der Waals surface area contributed by atoms with Crippen LogP contribution in [0.5, 0.6) is 0 Å². The van der Waals surface area contributed by atoms with Gasteiger partial charge >= 0.3 is 0 Å². The number of hydrogen-bond acceptors (Lipinski definition) is 4. The maximum absolute atomic E-state index is 11.5. The monoisotopic (exact) mass is 289 g/mol. The van der Waals surface area contributed by atoms with Crippen LogP contribution in [0.2, 0.25) is 0 Å². The summed E-state index contributed by atoms with van der Waals surface area (Å²) in [4.78, 5) is 2.48. The third-order valence-corrected chi connectivity index (χ3v) is 5.65. The van der Waals surface area contributed by atoms with Gasteiger partial charge in [0.1, 0.15) is 0 Å². The summed E-state index contributed by atoms with van der Waals surface area (Å²) < 4.78 is 24.6. The number of rotatable bonds is 5. The van der Waals surface area contributed by atoms with Gasteiger partial charge in [0.25, 0.3) is 0 Å². The van der Waals surface area contributed by atoms with Crippen molar-refractivity contribution in [2.45, 2.75) is 44.7 Å². The molecule has 6 heteroatoms. The lowest BCUT2D eigenvalue weighted by Crippen LogP contribution is -2.51. The highest BCUT2D eigenvalue weighted by Crippen LogP contribution is 2.25. The molecular weight excluding hydrogens is 262 g/mol. The molecule has 19 heavy (non-hydrogen) atoms. The normalized spacial score (nSPS) is 30.8. The average Bonchev–Trinajstić information content (AvgIpc) is 2.84. The van der Waals surface area contributed by atoms with E-state index in [9.17, 15) is 8.42 Å². The van der Waals surface area contributed by atoms with Crippen molar-refractivity contribution in [1.29, 1.82) is 0 Å². The Labute approximate surface area is 117 Å². The third-order valence-electron chi connectivity index (χ3n) is 4.35. The van der Waals surface area contributed by atoms with Gasteiger partial charge in [-0.1, -0.05) is 6.92 Å². The molecule has 0 amide bonds. The summed E-state index contributed by atoms with van der Waals surface area (Å²) in [5.41, 5.74) is 0. The summed E-state index contributed by atoms with van der Waals surface area (Å²) in [5.74, 6) is 0. The smallest absolute Gasteiger partial charge is 0.211 e. The summed E-state index contributed by atoms with van der Waals surface area (Å²) in [6.07, 6.45) is 6.23. The van der Waals surface area contributed by atoms with Crippen LogP contribution in [0, 0.1) is 0 Å². The predicted octanol–water partition coefficient (Wildman–Crippen LogP) is 0.484. The zero-order chi connectivity index (χ0) is 13.9. The first-order valence-electron chi connectivity index (χ1n) is 7.43. The van der Waals surface area contributed by atoms with Gasteiger partial charge < -0.3 is 5.32 Å². The van der Waals surface area contributed by atoms with Crippen LogP contribution < -0.4 is 5.32 Å². The fourth-order valence-electron chi connectivity index (χ4n) is 3.22. The Balaban J connectivity index is 1.77. The SMILES string of the molecule is CCCNC1CCC(N2CCN(S(C)(=O)=O)CC2)C1. The molecule has 1 N–H and O–H groups in total. The third kappa shape index (κ3) is 4.15. The van der Waals surface area contributed by atoms with Gasteiger partial charge in [-0.05, 0) is 32.2 Å². The van der Waals surface area contributed by atoms with Crippen LogP contribution in [0.1, 0.15) is 32.6 Å². The molecule has 1 heterocycles. The van der Waals surface area contributed by atoms with Crippen LogP contribution in [-0.2, 0) is 10.0 Å². The van der Waals surface area contributed by atoms with Crippen molar-refractivity contribution in [3.05, 3.63) is 0 Å². The summed E-state index contributed by atoms with van der Waals surface area (Å²) in [6, 6.07) is 1.31. The van der Waals surface area contributed by atoms with Gasteiger partial charge in [-0.25, -0.2) is 8.42 Å². The topological polar surface area (TPSA) is 52.6 Å². The Hall–Kier alpha value is -0.170. The fourth-order valence-corrected chi connectivity index (χ4v) is 4.05. The zero-order valence-corrected chi connectivity index (χ0v) is 13.0. The molecule has 2 fully saturated rings. The van der Waals surface area contributed by atoms with Gasteiger partial charge in [0.2, 0.25) is 10.0 Å². The van der Waals surface area contributed by atoms with E-state index in [2.05, 4.69) is 17.1 Å². The van der Waals surface area contributed by atoms with Crippen LogP contribution in [0.4, 0.5) is 0 Å². The van der Waals surface area contributed by atoms with Crippen molar-refractivity contribution < 1.29 is 8.42 Å². The second-order valence-corrected chi connectivity index (χ2v) is 7.80. The van der Waals surface area contributed by atoms with Crippen LogP contribution in [0.25, 0.3) is 0 Å². The molecule has 1 saturated heterocycles. The predicted molar refractivity (Wildman–Crippen MR) is 77.7 cm³/mol. The molecule has 0 bridgehead atoms. The maximum Gasteiger partial charge on any atom is 0.211 e. The van der Waals surface area contributed by atoms with Gasteiger partial charge in [-0.3, -0.25) is 4.90 Å². The number of nitrogens with zero attached hydrogens (tertiary/aromatic N) is 2. The first-order valence-corrected chi connectivity index (χ1v) is 9.28. The van der Waals surface area contributed by atoms with Crippen molar-refractivity contribution in [1.82, 2.24) is 14.5 Å². The first kappa shape index (κ1) is 15.2. The Morgan fingerprint density at radius 1 is 1.16 bits per heavy atom. The van der Waals surface area contributed by atoms with E-state index in [1.807, 2.05) is 0 Å². The van der Waals surface area contributed by atoms with E-state index in [1.165, 1.54) is 31.9 Å². The quantitative estimate of drug-likeness (QED) is 0.800. The van der Waals surface area contributed by atoms with Gasteiger partial charge in [-0.15, -0.1) is 0 Å². The molecule has 2 unspecified atom stereocenters. The van der Waals surface area contributed by atoms with Crippen molar-refractivity contribution in [2.75, 3.05) is 39.0 Å². The van der Waals surface area contributed by atoms with E-state index in [1.54, 1.807) is 4.31 Å². The molecule has 2 rings (SSSR count). The largest absolute Gasteiger partial charge is 0.314 e. The van der Waals surface area contributed by atoms with Gasteiger partial charge in [0.15, 0.2) is 0 Å². The van der Waals surface area contributed by atoms with Crippen molar-refractivity contribution in [3.8, 4) is 0 Å². The van der Waals surface area contributed by atoms with E-state index in [-0.39, 0.29) is 0 Å². The highest BCUT2D eigenvalue weighted by atomic mass is 32.2. The molecule has 5 nitrogen and oxygen atoms in total. The molecule has 0 aromatic carbocycles. The molecule has 1 saturated carbocycles. The van der Waals surface area contributed by atoms with Gasteiger partial charge in [0, 0.05) is 38.3 Å². The first-order chi connectivity index (χ1) is 9.00. The standard InChI is InChI=1S/C13H27N3O2S/c1-3-6-14-12-4-5-13(11-12)15-7-9-16(10-8-15)19(2,17)18/h12-14H,3-11H2,1-2H3. The molecular formula is C13H27N3O2S. The Kier molecular flexibility index (Phi) is 5.22. The lowest BCUT2D eigenvalue weighted by molar-refractivity contribution is 0.137. The second kappa shape index (κ2) is 6.52. The van der Waals surface area contributed by atoms with Crippen molar-refractivity contribution in [3.63, 3.8) is 0 Å². The zero-order valence-electron chi connectivity index (χ0n) is 12.1. The lowest BCUT2D eigenvalue weighted by atomic mass is 10.2. The Morgan fingerprint density at radius 2 is 1.84 bits per heavy atom. The molecule has 0 aromatic rings. The van der Waals surface area contributed by atoms with Gasteiger partial charge in [0.05, 0.1) is 6.26 Å². The molecule has 1 aliphatic heterocycles. The number of hydrogen-bond donors (Lipinski definition) is 1. The van der Waals surface area contributed by atoms with Crippen LogP contribution in [0.15, 0.2) is 0 Å². The number of piperazine rings is 1. The summed E-state index contributed by atoms with van der Waals surface area (Å²) in [5, 5.41) is 3.60. The van der Waals surface area contributed by atoms with E-state index in [4.69, 9.17) is 0 Å². The fraction of sp³-hybridized carbons (Fsp3) is 1.00. The number of sulfonamides is 1. The number of nitrogens with one attached hydrogen (secondary N) is 1. The molecule has 0 aromatic heterocycles. The van der Waals surface area contributed by atoms with E-state index >= 15 is 0 Å². The van der Waals surface area contributed by atoms with Gasteiger partial charge in [-0.2, -0.15) is 4.31 Å². The molecule has 112 valence electrons. The Bertz CT molecular complexity index is 377.